The number of carboxylic acids is 2. The number of benzene rings is 2. The van der Waals surface area contributed by atoms with Gasteiger partial charge < -0.3 is 10.2 Å². The molecule has 0 aliphatic carbocycles. The molecule has 1 aliphatic heterocycles. The highest BCUT2D eigenvalue weighted by molar-refractivity contribution is 6.22. The van der Waals surface area contributed by atoms with Gasteiger partial charge in [0.1, 0.15) is 0 Å². The molecule has 3 rings (SSSR count). The van der Waals surface area contributed by atoms with Gasteiger partial charge >= 0.3 is 11.9 Å². The molecule has 8 nitrogen and oxygen atoms in total. The van der Waals surface area contributed by atoms with E-state index in [0.717, 1.165) is 4.90 Å². The highest BCUT2D eigenvalue weighted by atomic mass is 16.4. The zero-order valence-corrected chi connectivity index (χ0v) is 13.8. The van der Waals surface area contributed by atoms with Crippen LogP contribution in [0.2, 0.25) is 0 Å². The fourth-order valence-corrected chi connectivity index (χ4v) is 2.77. The monoisotopic (exact) mass is 367 g/mol. The van der Waals surface area contributed by atoms with E-state index in [9.17, 15) is 24.0 Å². The van der Waals surface area contributed by atoms with Crippen molar-refractivity contribution in [3.05, 3.63) is 70.3 Å². The molecule has 2 aromatic rings. The second-order valence-electron chi connectivity index (χ2n) is 5.88. The van der Waals surface area contributed by atoms with Crippen LogP contribution in [0.15, 0.2) is 42.5 Å². The molecule has 0 saturated carbocycles. The van der Waals surface area contributed by atoms with E-state index in [-0.39, 0.29) is 40.8 Å². The highest BCUT2D eigenvalue weighted by Gasteiger charge is 2.36. The van der Waals surface area contributed by atoms with Gasteiger partial charge in [-0.3, -0.25) is 24.1 Å². The number of aromatic carboxylic acids is 1. The number of carboxylic acid groups (broad SMARTS) is 2. The van der Waals surface area contributed by atoms with Crippen molar-refractivity contribution in [1.82, 2.24) is 4.90 Å². The number of ketones is 1. The zero-order chi connectivity index (χ0) is 19.7. The first-order valence-electron chi connectivity index (χ1n) is 7.89. The van der Waals surface area contributed by atoms with Gasteiger partial charge in [-0.25, -0.2) is 4.79 Å². The van der Waals surface area contributed by atoms with Gasteiger partial charge in [-0.2, -0.15) is 0 Å². The lowest BCUT2D eigenvalue weighted by Crippen LogP contribution is -2.31. The molecule has 1 aliphatic rings. The molecule has 0 saturated heterocycles. The van der Waals surface area contributed by atoms with E-state index >= 15 is 0 Å². The van der Waals surface area contributed by atoms with E-state index in [0.29, 0.717) is 0 Å². The number of amides is 2. The third-order valence-corrected chi connectivity index (χ3v) is 4.18. The van der Waals surface area contributed by atoms with Gasteiger partial charge in [0, 0.05) is 17.7 Å². The average molecular weight is 367 g/mol. The second-order valence-corrected chi connectivity index (χ2v) is 5.88. The number of carbonyl (C=O) groups excluding carboxylic acids is 3. The van der Waals surface area contributed by atoms with E-state index in [1.165, 1.54) is 42.5 Å². The minimum absolute atomic E-state index is 0.0374. The molecule has 136 valence electrons. The first-order valence-corrected chi connectivity index (χ1v) is 7.89. The number of nitrogens with zero attached hydrogens (tertiary/aromatic N) is 1. The third-order valence-electron chi connectivity index (χ3n) is 4.18. The summed E-state index contributed by atoms with van der Waals surface area (Å²) in [7, 11) is 0. The number of aliphatic carboxylic acids is 1. The molecule has 8 heteroatoms. The van der Waals surface area contributed by atoms with Crippen molar-refractivity contribution >= 4 is 29.5 Å². The van der Waals surface area contributed by atoms with E-state index in [4.69, 9.17) is 10.2 Å². The summed E-state index contributed by atoms with van der Waals surface area (Å²) < 4.78 is 0. The van der Waals surface area contributed by atoms with E-state index in [1.54, 1.807) is 0 Å². The first kappa shape index (κ1) is 18.0. The summed E-state index contributed by atoms with van der Waals surface area (Å²) in [6.07, 6.45) is -0.368. The van der Waals surface area contributed by atoms with Crippen LogP contribution in [0, 0.1) is 0 Å². The van der Waals surface area contributed by atoms with Crippen molar-refractivity contribution in [1.29, 1.82) is 0 Å². The van der Waals surface area contributed by atoms with Crippen LogP contribution in [-0.4, -0.2) is 51.2 Å². The Morgan fingerprint density at radius 3 is 1.93 bits per heavy atom. The first-order chi connectivity index (χ1) is 12.8. The third kappa shape index (κ3) is 3.32. The van der Waals surface area contributed by atoms with Crippen molar-refractivity contribution in [2.45, 2.75) is 6.42 Å². The molecule has 0 unspecified atom stereocenters. The number of rotatable bonds is 6. The average Bonchev–Trinajstić information content (AvgIpc) is 2.89. The van der Waals surface area contributed by atoms with Crippen LogP contribution in [-0.2, 0) is 4.79 Å². The molecule has 0 atom stereocenters. The summed E-state index contributed by atoms with van der Waals surface area (Å²) in [5.74, 6) is -3.92. The number of hydrogen-bond acceptors (Lipinski definition) is 5. The van der Waals surface area contributed by atoms with Crippen LogP contribution >= 0.6 is 0 Å². The summed E-state index contributed by atoms with van der Waals surface area (Å²) in [5.41, 5.74) is 0.592. The molecule has 1 heterocycles. The lowest BCUT2D eigenvalue weighted by atomic mass is 9.98. The Hall–Kier alpha value is -3.81. The molecular formula is C19H13NO7. The Morgan fingerprint density at radius 2 is 1.33 bits per heavy atom. The SMILES string of the molecule is O=C(O)CCN1C(=O)c2ccc(C(=O)c3ccc(C(=O)O)cc3)cc2C1=O. The Balaban J connectivity index is 1.88. The number of fused-ring (bicyclic) bond motifs is 1. The molecule has 27 heavy (non-hydrogen) atoms. The topological polar surface area (TPSA) is 129 Å². The van der Waals surface area contributed by atoms with Crippen LogP contribution in [0.3, 0.4) is 0 Å². The molecule has 2 N–H and O–H groups in total. The summed E-state index contributed by atoms with van der Waals surface area (Å²) in [6.45, 7) is -0.248. The van der Waals surface area contributed by atoms with Crippen molar-refractivity contribution < 1.29 is 34.2 Å². The predicted octanol–water partition coefficient (Wildman–Crippen LogP) is 1.69. The molecule has 2 aromatic carbocycles. The van der Waals surface area contributed by atoms with Crippen molar-refractivity contribution in [3.63, 3.8) is 0 Å². The molecule has 2 amide bonds. The lowest BCUT2D eigenvalue weighted by Gasteiger charge is -2.11. The quantitative estimate of drug-likeness (QED) is 0.587. The van der Waals surface area contributed by atoms with Crippen LogP contribution in [0.25, 0.3) is 0 Å². The highest BCUT2D eigenvalue weighted by Crippen LogP contribution is 2.25. The second kappa shape index (κ2) is 6.83. The Labute approximate surface area is 152 Å². The number of imide groups is 1. The van der Waals surface area contributed by atoms with Crippen LogP contribution in [0.5, 0.6) is 0 Å². The summed E-state index contributed by atoms with van der Waals surface area (Å²) in [6, 6.07) is 9.38. The van der Waals surface area contributed by atoms with Gasteiger partial charge in [-0.1, -0.05) is 18.2 Å². The summed E-state index contributed by atoms with van der Waals surface area (Å²) >= 11 is 0. The molecule has 0 spiro atoms. The molecule has 0 fully saturated rings. The van der Waals surface area contributed by atoms with Gasteiger partial charge in [0.15, 0.2) is 5.78 Å². The number of hydrogen-bond donors (Lipinski definition) is 2. The fraction of sp³-hybridized carbons (Fsp3) is 0.105. The molecule has 0 aromatic heterocycles. The van der Waals surface area contributed by atoms with Gasteiger partial charge in [0.2, 0.25) is 0 Å². The fourth-order valence-electron chi connectivity index (χ4n) is 2.77. The Morgan fingerprint density at radius 1 is 0.778 bits per heavy atom. The van der Waals surface area contributed by atoms with Crippen LogP contribution in [0.4, 0.5) is 0 Å². The minimum atomic E-state index is -1.13. The van der Waals surface area contributed by atoms with E-state index in [2.05, 4.69) is 0 Å². The van der Waals surface area contributed by atoms with E-state index in [1.807, 2.05) is 0 Å². The normalized spacial score (nSPS) is 12.8. The van der Waals surface area contributed by atoms with Gasteiger partial charge in [-0.15, -0.1) is 0 Å². The van der Waals surface area contributed by atoms with Crippen LogP contribution < -0.4 is 0 Å². The van der Waals surface area contributed by atoms with Crippen molar-refractivity contribution in [2.24, 2.45) is 0 Å². The van der Waals surface area contributed by atoms with Gasteiger partial charge in [-0.05, 0) is 24.3 Å². The van der Waals surface area contributed by atoms with E-state index < -0.39 is 29.5 Å². The maximum Gasteiger partial charge on any atom is 0.335 e. The molecule has 0 bridgehead atoms. The van der Waals surface area contributed by atoms with Crippen molar-refractivity contribution in [3.8, 4) is 0 Å². The van der Waals surface area contributed by atoms with Gasteiger partial charge in [0.25, 0.3) is 11.8 Å². The maximum absolute atomic E-state index is 12.6. The minimum Gasteiger partial charge on any atom is -0.481 e. The van der Waals surface area contributed by atoms with Crippen molar-refractivity contribution in [2.75, 3.05) is 6.54 Å². The molecular weight excluding hydrogens is 354 g/mol. The molecule has 0 radical (unpaired) electrons. The predicted molar refractivity (Wildman–Crippen MR) is 90.9 cm³/mol. The summed E-state index contributed by atoms with van der Waals surface area (Å²) in [4.78, 5) is 59.6. The standard InChI is InChI=1S/C19H13NO7/c21-15(22)7-8-20-17(24)13-6-5-12(9-14(13)18(20)25)16(23)10-1-3-11(4-2-10)19(26)27/h1-6,9H,7-8H2,(H,21,22)(H,26,27). The lowest BCUT2D eigenvalue weighted by molar-refractivity contribution is -0.137. The Kier molecular flexibility index (Phi) is 4.55. The maximum atomic E-state index is 12.6. The zero-order valence-electron chi connectivity index (χ0n) is 13.8. The largest absolute Gasteiger partial charge is 0.481 e. The van der Waals surface area contributed by atoms with Crippen LogP contribution in [0.1, 0.15) is 53.4 Å². The summed E-state index contributed by atoms with van der Waals surface area (Å²) in [5, 5.41) is 17.6. The smallest absolute Gasteiger partial charge is 0.335 e. The van der Waals surface area contributed by atoms with Gasteiger partial charge in [0.05, 0.1) is 23.1 Å². The Bertz CT molecular complexity index is 992. The number of carbonyl (C=O) groups is 5.